The monoisotopic (exact) mass is 342 g/mol. The number of carbonyl (C=O) groups excluding carboxylic acids is 1. The molecule has 5 nitrogen and oxygen atoms in total. The van der Waals surface area contributed by atoms with Gasteiger partial charge in [0, 0.05) is 44.0 Å². The van der Waals surface area contributed by atoms with Crippen LogP contribution in [0.5, 0.6) is 0 Å². The highest BCUT2D eigenvalue weighted by Crippen LogP contribution is 2.23. The number of rotatable bonds is 5. The van der Waals surface area contributed by atoms with Crippen LogP contribution < -0.4 is 15.5 Å². The lowest BCUT2D eigenvalue weighted by Gasteiger charge is -2.22. The van der Waals surface area contributed by atoms with Crippen molar-refractivity contribution in [3.63, 3.8) is 0 Å². The number of nitrogens with one attached hydrogen (secondary N) is 2. The minimum Gasteiger partial charge on any atom is -0.353 e. The summed E-state index contributed by atoms with van der Waals surface area (Å²) >= 11 is 0. The van der Waals surface area contributed by atoms with Gasteiger partial charge in [-0.05, 0) is 43.2 Å². The van der Waals surface area contributed by atoms with Crippen molar-refractivity contribution in [1.82, 2.24) is 10.3 Å². The van der Waals surface area contributed by atoms with E-state index in [1.54, 1.807) is 12.3 Å². The maximum absolute atomic E-state index is 13.9. The van der Waals surface area contributed by atoms with Gasteiger partial charge in [-0.25, -0.2) is 9.37 Å². The summed E-state index contributed by atoms with van der Waals surface area (Å²) in [7, 11) is 0. The molecule has 2 N–H and O–H groups in total. The van der Waals surface area contributed by atoms with Crippen molar-refractivity contribution in [3.05, 3.63) is 54.0 Å². The SMILES string of the molecule is CC(=O)Nc1cccc([C@@H](C)N[C@H]2CCN(c3ncccc3F)C2)c1. The average Bonchev–Trinajstić information content (AvgIpc) is 3.03. The lowest BCUT2D eigenvalue weighted by molar-refractivity contribution is -0.114. The van der Waals surface area contributed by atoms with Crippen LogP contribution in [0, 0.1) is 5.82 Å². The number of benzene rings is 1. The highest BCUT2D eigenvalue weighted by atomic mass is 19.1. The zero-order chi connectivity index (χ0) is 17.8. The Morgan fingerprint density at radius 1 is 1.36 bits per heavy atom. The summed E-state index contributed by atoms with van der Waals surface area (Å²) in [5, 5.41) is 6.39. The van der Waals surface area contributed by atoms with Gasteiger partial charge in [0.15, 0.2) is 11.6 Å². The Kier molecular flexibility index (Phi) is 5.28. The summed E-state index contributed by atoms with van der Waals surface area (Å²) < 4.78 is 13.9. The number of nitrogens with zero attached hydrogens (tertiary/aromatic N) is 2. The van der Waals surface area contributed by atoms with Crippen molar-refractivity contribution in [1.29, 1.82) is 0 Å². The van der Waals surface area contributed by atoms with Gasteiger partial charge in [0.25, 0.3) is 0 Å². The second-order valence-corrected chi connectivity index (χ2v) is 6.44. The third-order valence-corrected chi connectivity index (χ3v) is 4.42. The fraction of sp³-hybridized carbons (Fsp3) is 0.368. The number of halogens is 1. The highest BCUT2D eigenvalue weighted by Gasteiger charge is 2.26. The van der Waals surface area contributed by atoms with Crippen LogP contribution in [-0.2, 0) is 4.79 Å². The predicted octanol–water partition coefficient (Wildman–Crippen LogP) is 3.11. The van der Waals surface area contributed by atoms with E-state index in [4.69, 9.17) is 0 Å². The smallest absolute Gasteiger partial charge is 0.221 e. The van der Waals surface area contributed by atoms with Crippen molar-refractivity contribution in [2.75, 3.05) is 23.3 Å². The molecule has 0 unspecified atom stereocenters. The molecule has 0 spiro atoms. The molecule has 25 heavy (non-hydrogen) atoms. The van der Waals surface area contributed by atoms with Gasteiger partial charge in [-0.2, -0.15) is 0 Å². The van der Waals surface area contributed by atoms with Crippen LogP contribution in [0.25, 0.3) is 0 Å². The molecule has 1 saturated heterocycles. The second-order valence-electron chi connectivity index (χ2n) is 6.44. The van der Waals surface area contributed by atoms with Crippen LogP contribution in [0.15, 0.2) is 42.6 Å². The summed E-state index contributed by atoms with van der Waals surface area (Å²) in [5.74, 6) is 0.0629. The van der Waals surface area contributed by atoms with Crippen LogP contribution in [-0.4, -0.2) is 30.0 Å². The summed E-state index contributed by atoms with van der Waals surface area (Å²) in [4.78, 5) is 17.3. The van der Waals surface area contributed by atoms with Crippen molar-refractivity contribution >= 4 is 17.4 Å². The summed E-state index contributed by atoms with van der Waals surface area (Å²) in [6, 6.07) is 11.3. The van der Waals surface area contributed by atoms with Gasteiger partial charge >= 0.3 is 0 Å². The number of hydrogen-bond acceptors (Lipinski definition) is 4. The van der Waals surface area contributed by atoms with Gasteiger partial charge in [-0.15, -0.1) is 0 Å². The van der Waals surface area contributed by atoms with E-state index in [1.165, 1.54) is 13.0 Å². The molecule has 0 aliphatic carbocycles. The fourth-order valence-electron chi connectivity index (χ4n) is 3.24. The molecule has 1 fully saturated rings. The molecule has 2 heterocycles. The van der Waals surface area contributed by atoms with Gasteiger partial charge < -0.3 is 15.5 Å². The Hall–Kier alpha value is -2.47. The highest BCUT2D eigenvalue weighted by molar-refractivity contribution is 5.88. The Labute approximate surface area is 147 Å². The maximum atomic E-state index is 13.9. The number of aromatic nitrogens is 1. The van der Waals surface area contributed by atoms with E-state index in [0.717, 1.165) is 30.8 Å². The molecular formula is C19H23FN4O. The minimum atomic E-state index is -0.279. The first kappa shape index (κ1) is 17.4. The molecular weight excluding hydrogens is 319 g/mol. The van der Waals surface area contributed by atoms with Crippen molar-refractivity contribution in [2.45, 2.75) is 32.4 Å². The van der Waals surface area contributed by atoms with Gasteiger partial charge in [0.2, 0.25) is 5.91 Å². The van der Waals surface area contributed by atoms with Crippen LogP contribution in [0.4, 0.5) is 15.9 Å². The van der Waals surface area contributed by atoms with E-state index in [1.807, 2.05) is 29.2 Å². The summed E-state index contributed by atoms with van der Waals surface area (Å²) in [5.41, 5.74) is 1.90. The van der Waals surface area contributed by atoms with Gasteiger partial charge in [0.05, 0.1) is 0 Å². The van der Waals surface area contributed by atoms with Crippen molar-refractivity contribution < 1.29 is 9.18 Å². The van der Waals surface area contributed by atoms with Gasteiger partial charge in [-0.3, -0.25) is 4.79 Å². The summed E-state index contributed by atoms with van der Waals surface area (Å²) in [6.07, 6.45) is 2.56. The molecule has 1 aliphatic rings. The summed E-state index contributed by atoms with van der Waals surface area (Å²) in [6.45, 7) is 5.10. The Morgan fingerprint density at radius 3 is 2.96 bits per heavy atom. The van der Waals surface area contributed by atoms with E-state index in [-0.39, 0.29) is 23.8 Å². The van der Waals surface area contributed by atoms with E-state index < -0.39 is 0 Å². The lowest BCUT2D eigenvalue weighted by Crippen LogP contribution is -2.34. The van der Waals surface area contributed by atoms with Gasteiger partial charge in [0.1, 0.15) is 0 Å². The van der Waals surface area contributed by atoms with Crippen LogP contribution in [0.3, 0.4) is 0 Å². The quantitative estimate of drug-likeness (QED) is 0.877. The normalized spacial score (nSPS) is 18.2. The molecule has 2 aromatic rings. The molecule has 132 valence electrons. The second kappa shape index (κ2) is 7.61. The number of carbonyl (C=O) groups is 1. The van der Waals surface area contributed by atoms with Gasteiger partial charge in [-0.1, -0.05) is 12.1 Å². The van der Waals surface area contributed by atoms with Crippen molar-refractivity contribution in [2.24, 2.45) is 0 Å². The largest absolute Gasteiger partial charge is 0.353 e. The third kappa shape index (κ3) is 4.33. The molecule has 0 radical (unpaired) electrons. The fourth-order valence-corrected chi connectivity index (χ4v) is 3.24. The van der Waals surface area contributed by atoms with E-state index in [9.17, 15) is 9.18 Å². The average molecular weight is 342 g/mol. The predicted molar refractivity (Wildman–Crippen MR) is 97.1 cm³/mol. The topological polar surface area (TPSA) is 57.3 Å². The molecule has 3 rings (SSSR count). The first-order valence-corrected chi connectivity index (χ1v) is 8.52. The number of amides is 1. The minimum absolute atomic E-state index is 0.0819. The first-order valence-electron chi connectivity index (χ1n) is 8.52. The Balaban J connectivity index is 1.61. The molecule has 1 amide bonds. The van der Waals surface area contributed by atoms with Crippen LogP contribution in [0.1, 0.15) is 31.9 Å². The molecule has 1 aliphatic heterocycles. The third-order valence-electron chi connectivity index (χ3n) is 4.42. The Bertz CT molecular complexity index is 752. The zero-order valence-electron chi connectivity index (χ0n) is 14.5. The Morgan fingerprint density at radius 2 is 2.20 bits per heavy atom. The number of anilines is 2. The first-order chi connectivity index (χ1) is 12.0. The van der Waals surface area contributed by atoms with Crippen LogP contribution in [0.2, 0.25) is 0 Å². The standard InChI is InChI=1S/C19H23FN4O/c1-13(15-5-3-6-16(11-15)23-14(2)25)22-17-8-10-24(12-17)19-18(20)7-4-9-21-19/h3-7,9,11,13,17,22H,8,10,12H2,1-2H3,(H,23,25)/t13-,17+/m1/s1. The van der Waals surface area contributed by atoms with Crippen molar-refractivity contribution in [3.8, 4) is 0 Å². The number of pyridine rings is 1. The van der Waals surface area contributed by atoms with E-state index in [0.29, 0.717) is 5.82 Å². The molecule has 0 bridgehead atoms. The van der Waals surface area contributed by atoms with Crippen LogP contribution >= 0.6 is 0 Å². The zero-order valence-corrected chi connectivity index (χ0v) is 14.5. The lowest BCUT2D eigenvalue weighted by atomic mass is 10.1. The van der Waals surface area contributed by atoms with E-state index >= 15 is 0 Å². The van der Waals surface area contributed by atoms with E-state index in [2.05, 4.69) is 22.5 Å². The number of hydrogen-bond donors (Lipinski definition) is 2. The molecule has 0 saturated carbocycles. The maximum Gasteiger partial charge on any atom is 0.221 e. The molecule has 6 heteroatoms. The molecule has 2 atom stereocenters. The molecule has 1 aromatic heterocycles. The molecule has 1 aromatic carbocycles.